The Morgan fingerprint density at radius 3 is 2.74 bits per heavy atom. The molecule has 9 heteroatoms. The van der Waals surface area contributed by atoms with Crippen LogP contribution < -0.4 is 9.47 Å². The van der Waals surface area contributed by atoms with E-state index in [0.717, 1.165) is 18.4 Å². The number of hydrogen-bond donors (Lipinski definition) is 1. The molecule has 1 aromatic rings. The van der Waals surface area contributed by atoms with E-state index >= 15 is 0 Å². The first-order chi connectivity index (χ1) is 12.8. The van der Waals surface area contributed by atoms with Crippen LogP contribution in [0, 0.1) is 0 Å². The smallest absolute Gasteiger partial charge is 0.286 e. The number of carbonyl (C=O) groups is 1. The molecule has 1 amide bonds. The van der Waals surface area contributed by atoms with Crippen LogP contribution in [-0.2, 0) is 19.6 Å². The third-order valence-corrected chi connectivity index (χ3v) is 6.28. The molecule has 0 radical (unpaired) electrons. The van der Waals surface area contributed by atoms with Crippen molar-refractivity contribution in [3.8, 4) is 11.5 Å². The summed E-state index contributed by atoms with van der Waals surface area (Å²) in [5, 5.41) is -1.21. The van der Waals surface area contributed by atoms with Crippen LogP contribution in [0.25, 0.3) is 0 Å². The molecule has 0 aliphatic carbocycles. The van der Waals surface area contributed by atoms with Crippen LogP contribution >= 0.6 is 0 Å². The molecule has 2 aliphatic rings. The first-order valence-corrected chi connectivity index (χ1v) is 10.6. The molecule has 3 rings (SSSR count). The zero-order valence-corrected chi connectivity index (χ0v) is 16.3. The van der Waals surface area contributed by atoms with Crippen LogP contribution in [0.1, 0.15) is 44.1 Å². The fraction of sp³-hybridized carbons (Fsp3) is 0.611. The normalized spacial score (nSPS) is 24.3. The summed E-state index contributed by atoms with van der Waals surface area (Å²) in [4.78, 5) is 13.6. The second-order valence-corrected chi connectivity index (χ2v) is 8.37. The number of rotatable bonds is 7. The highest BCUT2D eigenvalue weighted by molar-refractivity contribution is 7.86. The highest BCUT2D eigenvalue weighted by atomic mass is 32.2. The van der Waals surface area contributed by atoms with Gasteiger partial charge < -0.3 is 19.1 Å². The third kappa shape index (κ3) is 4.36. The highest BCUT2D eigenvalue weighted by Crippen LogP contribution is 2.37. The minimum absolute atomic E-state index is 0.132. The summed E-state index contributed by atoms with van der Waals surface area (Å²) in [5.74, 6) is 0.627. The van der Waals surface area contributed by atoms with Crippen molar-refractivity contribution in [2.75, 3.05) is 20.3 Å². The molecule has 1 N–H and O–H groups in total. The summed E-state index contributed by atoms with van der Waals surface area (Å²) in [6.07, 6.45) is 1.73. The molecular formula is C18H25NO7S. The maximum Gasteiger partial charge on any atom is 0.286 e. The fourth-order valence-electron chi connectivity index (χ4n) is 3.65. The van der Waals surface area contributed by atoms with Crippen molar-refractivity contribution in [1.82, 2.24) is 4.90 Å². The Labute approximate surface area is 159 Å². The van der Waals surface area contributed by atoms with E-state index in [-0.39, 0.29) is 37.5 Å². The topological polar surface area (TPSA) is 102 Å². The van der Waals surface area contributed by atoms with Crippen molar-refractivity contribution in [2.24, 2.45) is 0 Å². The quantitative estimate of drug-likeness (QED) is 0.701. The van der Waals surface area contributed by atoms with Crippen LogP contribution in [-0.4, -0.2) is 55.7 Å². The maximum absolute atomic E-state index is 12.4. The van der Waals surface area contributed by atoms with Crippen LogP contribution in [0.2, 0.25) is 0 Å². The molecule has 27 heavy (non-hydrogen) atoms. The monoisotopic (exact) mass is 399 g/mol. The number of likely N-dealkylation sites (tertiary alicyclic amines) is 1. The van der Waals surface area contributed by atoms with E-state index in [9.17, 15) is 17.8 Å². The van der Waals surface area contributed by atoms with Gasteiger partial charge in [-0.2, -0.15) is 8.42 Å². The van der Waals surface area contributed by atoms with Gasteiger partial charge in [-0.1, -0.05) is 13.0 Å². The van der Waals surface area contributed by atoms with E-state index in [0.29, 0.717) is 18.1 Å². The van der Waals surface area contributed by atoms with E-state index in [4.69, 9.17) is 14.2 Å². The number of carbonyl (C=O) groups excluding carboxylic acids is 1. The average molecular weight is 399 g/mol. The molecule has 1 aromatic carbocycles. The number of amides is 1. The molecule has 0 bridgehead atoms. The summed E-state index contributed by atoms with van der Waals surface area (Å²) in [7, 11) is -2.78. The van der Waals surface area contributed by atoms with Gasteiger partial charge in [0, 0.05) is 25.3 Å². The number of ether oxygens (including phenoxy) is 3. The van der Waals surface area contributed by atoms with Crippen LogP contribution in [0.4, 0.5) is 0 Å². The molecule has 2 unspecified atom stereocenters. The van der Waals surface area contributed by atoms with Crippen molar-refractivity contribution in [1.29, 1.82) is 0 Å². The minimum Gasteiger partial charge on any atom is -0.493 e. The molecule has 0 aromatic heterocycles. The van der Waals surface area contributed by atoms with Gasteiger partial charge in [-0.25, -0.2) is 0 Å². The first kappa shape index (κ1) is 19.9. The van der Waals surface area contributed by atoms with E-state index < -0.39 is 15.5 Å². The second kappa shape index (κ2) is 8.04. The van der Waals surface area contributed by atoms with E-state index in [1.54, 1.807) is 20.1 Å². The molecule has 150 valence electrons. The van der Waals surface area contributed by atoms with Gasteiger partial charge in [0.2, 0.25) is 5.91 Å². The van der Waals surface area contributed by atoms with Crippen molar-refractivity contribution in [2.45, 2.75) is 50.2 Å². The zero-order valence-electron chi connectivity index (χ0n) is 15.5. The number of methoxy groups -OCH3 is 1. The van der Waals surface area contributed by atoms with Gasteiger partial charge in [-0.3, -0.25) is 9.35 Å². The number of nitrogens with zero attached hydrogens (tertiary/aromatic N) is 1. The lowest BCUT2D eigenvalue weighted by molar-refractivity contribution is -0.128. The second-order valence-electron chi connectivity index (χ2n) is 6.80. The summed E-state index contributed by atoms with van der Waals surface area (Å²) < 4.78 is 49.3. The fourth-order valence-corrected chi connectivity index (χ4v) is 4.59. The Hall–Kier alpha value is -1.84. The molecular weight excluding hydrogens is 374 g/mol. The van der Waals surface area contributed by atoms with Crippen molar-refractivity contribution in [3.05, 3.63) is 23.8 Å². The molecule has 3 atom stereocenters. The van der Waals surface area contributed by atoms with Crippen LogP contribution in [0.3, 0.4) is 0 Å². The van der Waals surface area contributed by atoms with Gasteiger partial charge in [0.05, 0.1) is 13.7 Å². The van der Waals surface area contributed by atoms with Gasteiger partial charge in [-0.05, 0) is 30.5 Å². The largest absolute Gasteiger partial charge is 0.493 e. The zero-order chi connectivity index (χ0) is 19.6. The minimum atomic E-state index is -4.33. The lowest BCUT2D eigenvalue weighted by atomic mass is 9.98. The number of benzene rings is 1. The Balaban J connectivity index is 1.81. The Bertz CT molecular complexity index is 789. The summed E-state index contributed by atoms with van der Waals surface area (Å²) in [5.41, 5.74) is 0.852. The van der Waals surface area contributed by atoms with Crippen molar-refractivity contribution in [3.63, 3.8) is 0 Å². The Kier molecular flexibility index (Phi) is 5.92. The molecule has 2 heterocycles. The average Bonchev–Trinajstić information content (AvgIpc) is 3.25. The molecule has 8 nitrogen and oxygen atoms in total. The lowest BCUT2D eigenvalue weighted by Gasteiger charge is -2.24. The summed E-state index contributed by atoms with van der Waals surface area (Å²) >= 11 is 0. The van der Waals surface area contributed by atoms with Crippen molar-refractivity contribution >= 4 is 16.0 Å². The van der Waals surface area contributed by atoms with Crippen LogP contribution in [0.5, 0.6) is 11.5 Å². The Morgan fingerprint density at radius 1 is 1.37 bits per heavy atom. The lowest BCUT2D eigenvalue weighted by Crippen LogP contribution is -2.41. The van der Waals surface area contributed by atoms with Gasteiger partial charge in [0.25, 0.3) is 10.1 Å². The standard InChI is InChI=1S/C18H25NO7S/c1-3-17(27(21,22)23)19-11-13(10-16(19)20)12-6-7-14(24-2)15(9-12)26-18-5-4-8-25-18/h6-7,9,13,17-18H,3-5,8,10-11H2,1-2H3,(H,21,22,23)/t13-,17?,18?/m1/s1. The predicted molar refractivity (Wildman–Crippen MR) is 97.3 cm³/mol. The molecule has 0 saturated carbocycles. The van der Waals surface area contributed by atoms with Crippen molar-refractivity contribution < 1.29 is 32.0 Å². The SMILES string of the molecule is CCC(N1C[C@H](c2ccc(OC)c(OC3CCCO3)c2)CC1=O)S(=O)(=O)O. The molecule has 0 spiro atoms. The van der Waals surface area contributed by atoms with Gasteiger partial charge in [0.1, 0.15) is 0 Å². The van der Waals surface area contributed by atoms with Gasteiger partial charge >= 0.3 is 0 Å². The van der Waals surface area contributed by atoms with Gasteiger partial charge in [-0.15, -0.1) is 0 Å². The highest BCUT2D eigenvalue weighted by Gasteiger charge is 2.39. The third-order valence-electron chi connectivity index (χ3n) is 5.00. The number of hydrogen-bond acceptors (Lipinski definition) is 6. The van der Waals surface area contributed by atoms with E-state index in [2.05, 4.69) is 0 Å². The van der Waals surface area contributed by atoms with Crippen LogP contribution in [0.15, 0.2) is 18.2 Å². The molecule has 2 aliphatic heterocycles. The predicted octanol–water partition coefficient (Wildman–Crippen LogP) is 2.15. The van der Waals surface area contributed by atoms with Gasteiger partial charge in [0.15, 0.2) is 23.2 Å². The maximum atomic E-state index is 12.4. The van der Waals surface area contributed by atoms with E-state index in [1.165, 1.54) is 4.90 Å². The summed E-state index contributed by atoms with van der Waals surface area (Å²) in [6.45, 7) is 2.51. The Morgan fingerprint density at radius 2 is 2.15 bits per heavy atom. The van der Waals surface area contributed by atoms with E-state index in [1.807, 2.05) is 12.1 Å². The molecule has 2 fully saturated rings. The summed E-state index contributed by atoms with van der Waals surface area (Å²) in [6, 6.07) is 5.43. The first-order valence-electron chi connectivity index (χ1n) is 9.05. The molecule has 2 saturated heterocycles.